The average Bonchev–Trinajstić information content (AvgIpc) is 2.57. The van der Waals surface area contributed by atoms with E-state index in [-0.39, 0.29) is 19.4 Å². The zero-order chi connectivity index (χ0) is 12.1. The van der Waals surface area contributed by atoms with E-state index >= 15 is 0 Å². The summed E-state index contributed by atoms with van der Waals surface area (Å²) in [4.78, 5) is 38.4. The second-order valence-electron chi connectivity index (χ2n) is 3.76. The van der Waals surface area contributed by atoms with Crippen LogP contribution in [0.4, 0.5) is 0 Å². The Hall–Kier alpha value is -1.43. The van der Waals surface area contributed by atoms with Crippen molar-refractivity contribution in [1.29, 1.82) is 0 Å². The highest BCUT2D eigenvalue weighted by molar-refractivity contribution is 6.01. The van der Waals surface area contributed by atoms with Crippen molar-refractivity contribution in [2.45, 2.75) is 32.6 Å². The molecule has 16 heavy (non-hydrogen) atoms. The number of hydroxylamine groups is 2. The molecule has 1 rings (SSSR count). The third-order valence-corrected chi connectivity index (χ3v) is 2.38. The molecule has 1 aliphatic heterocycles. The maximum atomic E-state index is 11.4. The molecule has 1 unspecified atom stereocenters. The molecule has 1 heterocycles. The standard InChI is InChI=1S/C10H15NO5/c1-7(3-2-6-12)10(15)16-11-8(13)4-5-9(11)14/h7,12H,2-6H2,1H3. The van der Waals surface area contributed by atoms with Crippen molar-refractivity contribution in [2.24, 2.45) is 5.92 Å². The Kier molecular flexibility index (Phi) is 4.42. The van der Waals surface area contributed by atoms with Gasteiger partial charge in [0, 0.05) is 19.4 Å². The summed E-state index contributed by atoms with van der Waals surface area (Å²) < 4.78 is 0. The number of imide groups is 1. The quantitative estimate of drug-likeness (QED) is 0.671. The van der Waals surface area contributed by atoms with Crippen LogP contribution in [-0.2, 0) is 19.2 Å². The second kappa shape index (κ2) is 5.60. The molecule has 0 aliphatic carbocycles. The van der Waals surface area contributed by atoms with Crippen LogP contribution in [0.1, 0.15) is 32.6 Å². The lowest BCUT2D eigenvalue weighted by atomic mass is 10.1. The third-order valence-electron chi connectivity index (χ3n) is 2.38. The van der Waals surface area contributed by atoms with Crippen molar-refractivity contribution in [2.75, 3.05) is 6.61 Å². The average molecular weight is 229 g/mol. The summed E-state index contributed by atoms with van der Waals surface area (Å²) in [7, 11) is 0. The lowest BCUT2D eigenvalue weighted by Crippen LogP contribution is -2.34. The first-order valence-electron chi connectivity index (χ1n) is 5.24. The van der Waals surface area contributed by atoms with E-state index in [0.717, 1.165) is 0 Å². The van der Waals surface area contributed by atoms with Crippen molar-refractivity contribution < 1.29 is 24.3 Å². The van der Waals surface area contributed by atoms with Gasteiger partial charge in [-0.3, -0.25) is 9.59 Å². The zero-order valence-electron chi connectivity index (χ0n) is 9.14. The summed E-state index contributed by atoms with van der Waals surface area (Å²) >= 11 is 0. The maximum Gasteiger partial charge on any atom is 0.335 e. The molecule has 6 nitrogen and oxygen atoms in total. The van der Waals surface area contributed by atoms with Gasteiger partial charge < -0.3 is 9.94 Å². The lowest BCUT2D eigenvalue weighted by Gasteiger charge is -2.15. The first kappa shape index (κ1) is 12.6. The van der Waals surface area contributed by atoms with E-state index in [1.807, 2.05) is 0 Å². The molecule has 90 valence electrons. The normalized spacial score (nSPS) is 17.8. The van der Waals surface area contributed by atoms with Crippen LogP contribution in [0.15, 0.2) is 0 Å². The van der Waals surface area contributed by atoms with Gasteiger partial charge in [0.2, 0.25) is 0 Å². The van der Waals surface area contributed by atoms with Gasteiger partial charge >= 0.3 is 5.97 Å². The Bertz CT molecular complexity index is 286. The highest BCUT2D eigenvalue weighted by atomic mass is 16.7. The summed E-state index contributed by atoms with van der Waals surface area (Å²) in [5, 5.41) is 9.13. The van der Waals surface area contributed by atoms with E-state index < -0.39 is 23.7 Å². The van der Waals surface area contributed by atoms with Crippen molar-refractivity contribution >= 4 is 17.8 Å². The van der Waals surface area contributed by atoms with Gasteiger partial charge in [0.15, 0.2) is 0 Å². The van der Waals surface area contributed by atoms with Crippen LogP contribution in [0.2, 0.25) is 0 Å². The molecule has 0 bridgehead atoms. The minimum absolute atomic E-state index is 0.000798. The van der Waals surface area contributed by atoms with Crippen LogP contribution in [0, 0.1) is 5.92 Å². The van der Waals surface area contributed by atoms with Gasteiger partial charge in [0.25, 0.3) is 11.8 Å². The molecule has 1 N–H and O–H groups in total. The SMILES string of the molecule is CC(CCCO)C(=O)ON1C(=O)CCC1=O. The molecular formula is C10H15NO5. The fourth-order valence-corrected chi connectivity index (χ4v) is 1.35. The second-order valence-corrected chi connectivity index (χ2v) is 3.76. The number of rotatable bonds is 5. The summed E-state index contributed by atoms with van der Waals surface area (Å²) in [5.74, 6) is -2.01. The molecule has 1 aliphatic rings. The topological polar surface area (TPSA) is 83.9 Å². The number of carbonyl (C=O) groups is 3. The number of nitrogens with zero attached hydrogens (tertiary/aromatic N) is 1. The van der Waals surface area contributed by atoms with Crippen molar-refractivity contribution in [3.63, 3.8) is 0 Å². The van der Waals surface area contributed by atoms with Crippen molar-refractivity contribution in [3.8, 4) is 0 Å². The largest absolute Gasteiger partial charge is 0.396 e. The molecule has 0 saturated carbocycles. The summed E-state index contributed by atoms with van der Waals surface area (Å²) in [6.45, 7) is 1.63. The Labute approximate surface area is 93.1 Å². The van der Waals surface area contributed by atoms with Crippen LogP contribution < -0.4 is 0 Å². The van der Waals surface area contributed by atoms with E-state index in [2.05, 4.69) is 0 Å². The van der Waals surface area contributed by atoms with Crippen LogP contribution >= 0.6 is 0 Å². The van der Waals surface area contributed by atoms with E-state index in [4.69, 9.17) is 9.94 Å². The van der Waals surface area contributed by atoms with Gasteiger partial charge in [-0.15, -0.1) is 5.06 Å². The van der Waals surface area contributed by atoms with E-state index in [1.165, 1.54) is 0 Å². The molecule has 2 amide bonds. The smallest absolute Gasteiger partial charge is 0.335 e. The molecule has 1 saturated heterocycles. The van der Waals surface area contributed by atoms with Gasteiger partial charge in [0.1, 0.15) is 0 Å². The van der Waals surface area contributed by atoms with Gasteiger partial charge in [-0.1, -0.05) is 6.92 Å². The van der Waals surface area contributed by atoms with Gasteiger partial charge in [-0.05, 0) is 12.8 Å². The minimum Gasteiger partial charge on any atom is -0.396 e. The Morgan fingerprint density at radius 1 is 1.44 bits per heavy atom. The summed E-state index contributed by atoms with van der Waals surface area (Å²) in [6, 6.07) is 0. The van der Waals surface area contributed by atoms with Crippen molar-refractivity contribution in [3.05, 3.63) is 0 Å². The van der Waals surface area contributed by atoms with E-state index in [1.54, 1.807) is 6.92 Å². The number of hydrogen-bond acceptors (Lipinski definition) is 5. The molecule has 0 radical (unpaired) electrons. The molecule has 6 heteroatoms. The van der Waals surface area contributed by atoms with E-state index in [9.17, 15) is 14.4 Å². The number of carbonyl (C=O) groups excluding carboxylic acids is 3. The molecule has 1 atom stereocenters. The molecule has 0 aromatic rings. The van der Waals surface area contributed by atoms with Crippen LogP contribution in [-0.4, -0.2) is 34.6 Å². The Balaban J connectivity index is 2.44. The fraction of sp³-hybridized carbons (Fsp3) is 0.700. The number of aliphatic hydroxyl groups excluding tert-OH is 1. The zero-order valence-corrected chi connectivity index (χ0v) is 9.14. The first-order chi connectivity index (χ1) is 7.56. The predicted molar refractivity (Wildman–Crippen MR) is 52.7 cm³/mol. The highest BCUT2D eigenvalue weighted by Gasteiger charge is 2.33. The number of aliphatic hydroxyl groups is 1. The van der Waals surface area contributed by atoms with Crippen molar-refractivity contribution in [1.82, 2.24) is 5.06 Å². The van der Waals surface area contributed by atoms with Crippen LogP contribution in [0.25, 0.3) is 0 Å². The Morgan fingerprint density at radius 3 is 2.50 bits per heavy atom. The van der Waals surface area contributed by atoms with Crippen LogP contribution in [0.3, 0.4) is 0 Å². The van der Waals surface area contributed by atoms with Crippen LogP contribution in [0.5, 0.6) is 0 Å². The first-order valence-corrected chi connectivity index (χ1v) is 5.24. The number of amides is 2. The van der Waals surface area contributed by atoms with Gasteiger partial charge in [-0.2, -0.15) is 0 Å². The molecule has 0 aromatic heterocycles. The summed E-state index contributed by atoms with van der Waals surface area (Å²) in [5.41, 5.74) is 0. The van der Waals surface area contributed by atoms with Gasteiger partial charge in [-0.25, -0.2) is 4.79 Å². The minimum atomic E-state index is -0.614. The van der Waals surface area contributed by atoms with Gasteiger partial charge in [0.05, 0.1) is 5.92 Å². The number of hydrogen-bond donors (Lipinski definition) is 1. The lowest BCUT2D eigenvalue weighted by molar-refractivity contribution is -0.200. The molecular weight excluding hydrogens is 214 g/mol. The molecule has 1 fully saturated rings. The van der Waals surface area contributed by atoms with E-state index in [0.29, 0.717) is 17.9 Å². The molecule has 0 spiro atoms. The Morgan fingerprint density at radius 2 is 2.00 bits per heavy atom. The summed E-state index contributed by atoms with van der Waals surface area (Å²) in [6.07, 6.45) is 1.14. The third kappa shape index (κ3) is 3.03. The maximum absolute atomic E-state index is 11.4. The fourth-order valence-electron chi connectivity index (χ4n) is 1.35. The highest BCUT2D eigenvalue weighted by Crippen LogP contribution is 2.15. The molecule has 0 aromatic carbocycles. The predicted octanol–water partition coefficient (Wildman–Crippen LogP) is 0.00220. The monoisotopic (exact) mass is 229 g/mol.